The molecule has 30 heavy (non-hydrogen) atoms. The van der Waals surface area contributed by atoms with E-state index in [0.29, 0.717) is 57.7 Å². The van der Waals surface area contributed by atoms with Gasteiger partial charge in [0, 0.05) is 24.2 Å². The fourth-order valence-corrected chi connectivity index (χ4v) is 3.78. The van der Waals surface area contributed by atoms with Gasteiger partial charge >= 0.3 is 0 Å². The Balaban J connectivity index is 1.66. The van der Waals surface area contributed by atoms with Gasteiger partial charge in [-0.15, -0.1) is 0 Å². The van der Waals surface area contributed by atoms with Crippen LogP contribution in [-0.2, 0) is 4.79 Å². The van der Waals surface area contributed by atoms with Crippen molar-refractivity contribution in [3.05, 3.63) is 58.8 Å². The molecule has 0 aliphatic carbocycles. The van der Waals surface area contributed by atoms with Gasteiger partial charge in [0.2, 0.25) is 5.91 Å². The Kier molecular flexibility index (Phi) is 5.46. The summed E-state index contributed by atoms with van der Waals surface area (Å²) >= 11 is 6.28. The number of hydrogen-bond acceptors (Lipinski definition) is 5. The molecule has 1 fully saturated rings. The van der Waals surface area contributed by atoms with Crippen LogP contribution in [0.5, 0.6) is 5.75 Å². The number of amides is 2. The average molecular weight is 426 g/mol. The summed E-state index contributed by atoms with van der Waals surface area (Å²) in [7, 11) is 1.55. The topological polar surface area (TPSA) is 84.7 Å². The fraction of sp³-hybridized carbons (Fsp3) is 0.227. The number of anilines is 2. The average Bonchev–Trinajstić information content (AvgIpc) is 3.33. The SMILES string of the molecule is COc1ccc(NC(=O)c2c(-c3ccccc3Cl)noc2C)cc1N1CCCC1=O. The highest BCUT2D eigenvalue weighted by Gasteiger charge is 2.26. The van der Waals surface area contributed by atoms with Gasteiger partial charge in [-0.05, 0) is 37.6 Å². The van der Waals surface area contributed by atoms with E-state index in [0.717, 1.165) is 6.42 Å². The van der Waals surface area contributed by atoms with Gasteiger partial charge < -0.3 is 19.5 Å². The van der Waals surface area contributed by atoms with Crippen molar-refractivity contribution in [2.45, 2.75) is 19.8 Å². The molecule has 4 rings (SSSR count). The molecule has 3 aromatic rings. The summed E-state index contributed by atoms with van der Waals surface area (Å²) in [5.41, 5.74) is 2.45. The predicted octanol–water partition coefficient (Wildman–Crippen LogP) is 4.69. The Labute approximate surface area is 178 Å². The van der Waals surface area contributed by atoms with E-state index >= 15 is 0 Å². The first-order chi connectivity index (χ1) is 14.5. The fourth-order valence-electron chi connectivity index (χ4n) is 3.55. The number of halogens is 1. The molecule has 2 aromatic carbocycles. The second kappa shape index (κ2) is 8.20. The molecule has 1 aromatic heterocycles. The zero-order chi connectivity index (χ0) is 21.3. The minimum absolute atomic E-state index is 0.0349. The Morgan fingerprint density at radius 3 is 2.77 bits per heavy atom. The van der Waals surface area contributed by atoms with Crippen LogP contribution >= 0.6 is 11.6 Å². The largest absolute Gasteiger partial charge is 0.495 e. The van der Waals surface area contributed by atoms with E-state index in [1.807, 2.05) is 6.07 Å². The smallest absolute Gasteiger partial charge is 0.261 e. The Morgan fingerprint density at radius 2 is 2.07 bits per heavy atom. The van der Waals surface area contributed by atoms with E-state index in [2.05, 4.69) is 10.5 Å². The second-order valence-electron chi connectivity index (χ2n) is 6.93. The second-order valence-corrected chi connectivity index (χ2v) is 7.34. The molecule has 0 atom stereocenters. The highest BCUT2D eigenvalue weighted by molar-refractivity contribution is 6.33. The molecule has 8 heteroatoms. The van der Waals surface area contributed by atoms with E-state index in [4.69, 9.17) is 20.9 Å². The normalized spacial score (nSPS) is 13.6. The third kappa shape index (κ3) is 3.64. The number of aryl methyl sites for hydroxylation is 1. The lowest BCUT2D eigenvalue weighted by Crippen LogP contribution is -2.24. The van der Waals surface area contributed by atoms with Crippen LogP contribution in [0.2, 0.25) is 5.02 Å². The lowest BCUT2D eigenvalue weighted by Gasteiger charge is -2.20. The first-order valence-electron chi connectivity index (χ1n) is 9.50. The van der Waals surface area contributed by atoms with Crippen LogP contribution in [0.15, 0.2) is 47.0 Å². The number of carbonyl (C=O) groups is 2. The van der Waals surface area contributed by atoms with Gasteiger partial charge in [-0.2, -0.15) is 0 Å². The van der Waals surface area contributed by atoms with Crippen molar-refractivity contribution in [1.29, 1.82) is 0 Å². The molecule has 0 unspecified atom stereocenters. The number of methoxy groups -OCH3 is 1. The van der Waals surface area contributed by atoms with Gasteiger partial charge in [-0.1, -0.05) is 35.0 Å². The van der Waals surface area contributed by atoms with Crippen molar-refractivity contribution < 1.29 is 18.8 Å². The number of nitrogens with one attached hydrogen (secondary N) is 1. The maximum absolute atomic E-state index is 13.1. The number of ether oxygens (including phenoxy) is 1. The summed E-state index contributed by atoms with van der Waals surface area (Å²) in [5, 5.41) is 7.37. The third-order valence-electron chi connectivity index (χ3n) is 5.02. The number of carbonyl (C=O) groups excluding carboxylic acids is 2. The van der Waals surface area contributed by atoms with Crippen LogP contribution in [0.3, 0.4) is 0 Å². The molecular weight excluding hydrogens is 406 g/mol. The zero-order valence-corrected chi connectivity index (χ0v) is 17.3. The van der Waals surface area contributed by atoms with Crippen LogP contribution in [0, 0.1) is 6.92 Å². The first kappa shape index (κ1) is 20.0. The number of rotatable bonds is 5. The van der Waals surface area contributed by atoms with Crippen LogP contribution in [0.4, 0.5) is 11.4 Å². The lowest BCUT2D eigenvalue weighted by molar-refractivity contribution is -0.117. The number of aromatic nitrogens is 1. The van der Waals surface area contributed by atoms with E-state index < -0.39 is 0 Å². The van der Waals surface area contributed by atoms with Crippen molar-refractivity contribution in [3.8, 4) is 17.0 Å². The molecule has 1 aliphatic heterocycles. The highest BCUT2D eigenvalue weighted by Crippen LogP contribution is 2.35. The summed E-state index contributed by atoms with van der Waals surface area (Å²) in [5.74, 6) is 0.604. The molecule has 1 saturated heterocycles. The van der Waals surface area contributed by atoms with Gasteiger partial charge in [0.1, 0.15) is 22.8 Å². The van der Waals surface area contributed by atoms with Crippen LogP contribution < -0.4 is 15.0 Å². The molecule has 154 valence electrons. The summed E-state index contributed by atoms with van der Waals surface area (Å²) in [6.07, 6.45) is 1.29. The molecule has 0 radical (unpaired) electrons. The van der Waals surface area contributed by atoms with Crippen LogP contribution in [0.25, 0.3) is 11.3 Å². The van der Waals surface area contributed by atoms with Gasteiger partial charge in [-0.3, -0.25) is 9.59 Å². The van der Waals surface area contributed by atoms with Gasteiger partial charge in [0.15, 0.2) is 0 Å². The van der Waals surface area contributed by atoms with Crippen molar-refractivity contribution >= 4 is 34.8 Å². The maximum Gasteiger partial charge on any atom is 0.261 e. The molecule has 2 amide bonds. The summed E-state index contributed by atoms with van der Waals surface area (Å²) in [6, 6.07) is 12.3. The molecule has 1 N–H and O–H groups in total. The monoisotopic (exact) mass is 425 g/mol. The van der Waals surface area contributed by atoms with Gasteiger partial charge in [0.05, 0.1) is 17.8 Å². The summed E-state index contributed by atoms with van der Waals surface area (Å²) < 4.78 is 10.7. The van der Waals surface area contributed by atoms with E-state index in [1.165, 1.54) is 0 Å². The Morgan fingerprint density at radius 1 is 1.27 bits per heavy atom. The first-order valence-corrected chi connectivity index (χ1v) is 9.88. The van der Waals surface area contributed by atoms with Crippen LogP contribution in [0.1, 0.15) is 29.0 Å². The predicted molar refractivity (Wildman–Crippen MR) is 114 cm³/mol. The standard InChI is InChI=1S/C22H20ClN3O4/c1-13-20(21(25-30-13)15-6-3-4-7-16(15)23)22(28)24-14-9-10-18(29-2)17(12-14)26-11-5-8-19(26)27/h3-4,6-7,9-10,12H,5,8,11H2,1-2H3,(H,24,28). The van der Waals surface area contributed by atoms with Gasteiger partial charge in [0.25, 0.3) is 5.91 Å². The quantitative estimate of drug-likeness (QED) is 0.640. The minimum atomic E-state index is -0.382. The third-order valence-corrected chi connectivity index (χ3v) is 5.35. The summed E-state index contributed by atoms with van der Waals surface area (Å²) in [6.45, 7) is 2.29. The Hall–Kier alpha value is -3.32. The molecule has 0 spiro atoms. The number of hydrogen-bond donors (Lipinski definition) is 1. The number of nitrogens with zero attached hydrogens (tertiary/aromatic N) is 2. The molecule has 7 nitrogen and oxygen atoms in total. The van der Waals surface area contributed by atoms with Crippen molar-refractivity contribution in [1.82, 2.24) is 5.16 Å². The molecule has 1 aliphatic rings. The van der Waals surface area contributed by atoms with Crippen molar-refractivity contribution in [3.63, 3.8) is 0 Å². The Bertz CT molecular complexity index is 1130. The van der Waals surface area contributed by atoms with Crippen molar-refractivity contribution in [2.24, 2.45) is 0 Å². The molecule has 2 heterocycles. The zero-order valence-electron chi connectivity index (χ0n) is 16.6. The summed E-state index contributed by atoms with van der Waals surface area (Å²) in [4.78, 5) is 27.0. The van der Waals surface area contributed by atoms with Crippen molar-refractivity contribution in [2.75, 3.05) is 23.9 Å². The number of benzene rings is 2. The minimum Gasteiger partial charge on any atom is -0.495 e. The van der Waals surface area contributed by atoms with Crippen LogP contribution in [-0.4, -0.2) is 30.6 Å². The van der Waals surface area contributed by atoms with E-state index in [-0.39, 0.29) is 11.8 Å². The molecule has 0 saturated carbocycles. The molecular formula is C22H20ClN3O4. The molecule has 0 bridgehead atoms. The lowest BCUT2D eigenvalue weighted by atomic mass is 10.1. The van der Waals surface area contributed by atoms with E-state index in [1.54, 1.807) is 55.3 Å². The van der Waals surface area contributed by atoms with Gasteiger partial charge in [-0.25, -0.2) is 0 Å². The highest BCUT2D eigenvalue weighted by atomic mass is 35.5. The maximum atomic E-state index is 13.1. The van der Waals surface area contributed by atoms with E-state index in [9.17, 15) is 9.59 Å².